The van der Waals surface area contributed by atoms with E-state index in [4.69, 9.17) is 4.42 Å². The number of aryl methyl sites for hydroxylation is 1. The van der Waals surface area contributed by atoms with E-state index in [1.165, 1.54) is 6.07 Å². The monoisotopic (exact) mass is 321 g/mol. The second-order valence-electron chi connectivity index (χ2n) is 5.30. The third-order valence-electron chi connectivity index (χ3n) is 3.46. The maximum Gasteiger partial charge on any atom is 0.191 e. The van der Waals surface area contributed by atoms with Crippen molar-refractivity contribution in [3.05, 3.63) is 59.1 Å². The van der Waals surface area contributed by atoms with Crippen LogP contribution in [0.2, 0.25) is 0 Å². The molecule has 6 heteroatoms. The van der Waals surface area contributed by atoms with Crippen molar-refractivity contribution in [3.8, 4) is 0 Å². The van der Waals surface area contributed by atoms with Gasteiger partial charge in [0.15, 0.2) is 5.96 Å². The minimum Gasteiger partial charge on any atom is -0.464 e. The van der Waals surface area contributed by atoms with Gasteiger partial charge in [0.25, 0.3) is 0 Å². The Labute approximate surface area is 134 Å². The van der Waals surface area contributed by atoms with Gasteiger partial charge in [0.1, 0.15) is 23.2 Å². The fourth-order valence-electron chi connectivity index (χ4n) is 2.21. The van der Waals surface area contributed by atoms with Gasteiger partial charge in [0, 0.05) is 13.6 Å². The van der Waals surface area contributed by atoms with Gasteiger partial charge in [-0.1, -0.05) is 0 Å². The number of guanidine groups is 1. The Morgan fingerprint density at radius 1 is 1.26 bits per heavy atom. The van der Waals surface area contributed by atoms with Gasteiger partial charge in [-0.15, -0.1) is 0 Å². The Morgan fingerprint density at radius 3 is 2.70 bits per heavy atom. The maximum absolute atomic E-state index is 13.6. The smallest absolute Gasteiger partial charge is 0.191 e. The number of nitrogens with one attached hydrogen (secondary N) is 2. The van der Waals surface area contributed by atoms with Crippen LogP contribution in [0.1, 0.15) is 30.0 Å². The lowest BCUT2D eigenvalue weighted by molar-refractivity contribution is 0.441. The molecule has 0 fully saturated rings. The Kier molecular flexibility index (Phi) is 5.73. The van der Waals surface area contributed by atoms with Crippen molar-refractivity contribution < 1.29 is 13.2 Å². The minimum atomic E-state index is -0.439. The largest absolute Gasteiger partial charge is 0.464 e. The molecule has 0 amide bonds. The summed E-state index contributed by atoms with van der Waals surface area (Å²) in [5, 5.41) is 6.27. The van der Waals surface area contributed by atoms with Crippen molar-refractivity contribution in [2.75, 3.05) is 13.6 Å². The van der Waals surface area contributed by atoms with E-state index in [1.807, 2.05) is 26.0 Å². The molecule has 0 saturated heterocycles. The van der Waals surface area contributed by atoms with Crippen LogP contribution < -0.4 is 10.6 Å². The number of rotatable bonds is 5. The predicted octanol–water partition coefficient (Wildman–Crippen LogP) is 3.33. The highest BCUT2D eigenvalue weighted by molar-refractivity contribution is 5.80. The first-order valence-electron chi connectivity index (χ1n) is 7.47. The van der Waals surface area contributed by atoms with Gasteiger partial charge in [0.05, 0.1) is 6.04 Å². The Balaban J connectivity index is 1.87. The van der Waals surface area contributed by atoms with E-state index in [9.17, 15) is 8.78 Å². The average molecular weight is 321 g/mol. The predicted molar refractivity (Wildman–Crippen MR) is 86.4 cm³/mol. The Hall–Kier alpha value is -2.37. The van der Waals surface area contributed by atoms with Crippen molar-refractivity contribution in [2.24, 2.45) is 4.99 Å². The molecule has 1 atom stereocenters. The molecular weight excluding hydrogens is 300 g/mol. The van der Waals surface area contributed by atoms with Gasteiger partial charge >= 0.3 is 0 Å². The van der Waals surface area contributed by atoms with Crippen molar-refractivity contribution in [1.82, 2.24) is 10.6 Å². The first-order valence-corrected chi connectivity index (χ1v) is 7.47. The fraction of sp³-hybridized carbons (Fsp3) is 0.353. The summed E-state index contributed by atoms with van der Waals surface area (Å²) in [6.45, 7) is 4.28. The number of aliphatic imine (C=N–C) groups is 1. The van der Waals surface area contributed by atoms with Crippen molar-refractivity contribution in [2.45, 2.75) is 26.3 Å². The number of hydrogen-bond donors (Lipinski definition) is 2. The first-order chi connectivity index (χ1) is 11.0. The number of benzene rings is 1. The van der Waals surface area contributed by atoms with Crippen molar-refractivity contribution in [1.29, 1.82) is 0 Å². The van der Waals surface area contributed by atoms with E-state index in [0.717, 1.165) is 23.7 Å². The highest BCUT2D eigenvalue weighted by Crippen LogP contribution is 2.15. The lowest BCUT2D eigenvalue weighted by atomic mass is 10.1. The molecule has 0 aliphatic carbocycles. The van der Waals surface area contributed by atoms with Crippen LogP contribution in [0.3, 0.4) is 0 Å². The molecule has 0 spiro atoms. The molecule has 2 rings (SSSR count). The van der Waals surface area contributed by atoms with Crippen LogP contribution in [-0.2, 0) is 6.42 Å². The average Bonchev–Trinajstić information content (AvgIpc) is 2.96. The summed E-state index contributed by atoms with van der Waals surface area (Å²) < 4.78 is 32.2. The van der Waals surface area contributed by atoms with Gasteiger partial charge in [-0.2, -0.15) is 0 Å². The van der Waals surface area contributed by atoms with Crippen LogP contribution in [-0.4, -0.2) is 19.6 Å². The van der Waals surface area contributed by atoms with Crippen LogP contribution in [0.15, 0.2) is 39.7 Å². The summed E-state index contributed by atoms with van der Waals surface area (Å²) in [6.07, 6.45) is 0.360. The topological polar surface area (TPSA) is 49.6 Å². The molecule has 1 unspecified atom stereocenters. The normalized spacial score (nSPS) is 13.0. The molecule has 0 aliphatic heterocycles. The highest BCUT2D eigenvalue weighted by atomic mass is 19.1. The number of furan rings is 1. The minimum absolute atomic E-state index is 0.0548. The zero-order chi connectivity index (χ0) is 16.8. The molecule has 1 aromatic heterocycles. The molecule has 0 radical (unpaired) electrons. The molecular formula is C17H21F2N3O. The third-order valence-corrected chi connectivity index (χ3v) is 3.46. The zero-order valence-corrected chi connectivity index (χ0v) is 13.5. The van der Waals surface area contributed by atoms with Crippen LogP contribution in [0.4, 0.5) is 8.78 Å². The lowest BCUT2D eigenvalue weighted by Gasteiger charge is -2.16. The van der Waals surface area contributed by atoms with Gasteiger partial charge in [-0.05, 0) is 56.2 Å². The molecule has 2 aromatic rings. The fourth-order valence-corrected chi connectivity index (χ4v) is 2.21. The Bertz CT molecular complexity index is 682. The number of nitrogens with zero attached hydrogens (tertiary/aromatic N) is 1. The molecule has 0 saturated carbocycles. The number of hydrogen-bond acceptors (Lipinski definition) is 2. The summed E-state index contributed by atoms with van der Waals surface area (Å²) in [7, 11) is 1.65. The van der Waals surface area contributed by atoms with E-state index in [2.05, 4.69) is 15.6 Å². The second kappa shape index (κ2) is 7.76. The van der Waals surface area contributed by atoms with Gasteiger partial charge in [-0.25, -0.2) is 8.78 Å². The molecule has 4 nitrogen and oxygen atoms in total. The lowest BCUT2D eigenvalue weighted by Crippen LogP contribution is -2.39. The maximum atomic E-state index is 13.6. The molecule has 2 N–H and O–H groups in total. The molecule has 1 heterocycles. The zero-order valence-electron chi connectivity index (χ0n) is 13.5. The van der Waals surface area contributed by atoms with Crippen LogP contribution >= 0.6 is 0 Å². The van der Waals surface area contributed by atoms with E-state index in [1.54, 1.807) is 7.05 Å². The number of halogens is 2. The summed E-state index contributed by atoms with van der Waals surface area (Å²) in [4.78, 5) is 4.12. The molecule has 1 aromatic carbocycles. The standard InChI is InChI=1S/C17H21F2N3O/c1-11-4-7-16(23-11)12(2)22-17(20-3)21-9-8-13-10-14(18)5-6-15(13)19/h4-7,10,12H,8-9H2,1-3H3,(H2,20,21,22). The molecule has 23 heavy (non-hydrogen) atoms. The van der Waals surface area contributed by atoms with Gasteiger partial charge in [0.2, 0.25) is 0 Å². The molecule has 0 bridgehead atoms. The van der Waals surface area contributed by atoms with Crippen LogP contribution in [0.25, 0.3) is 0 Å². The summed E-state index contributed by atoms with van der Waals surface area (Å²) >= 11 is 0. The van der Waals surface area contributed by atoms with Crippen molar-refractivity contribution in [3.63, 3.8) is 0 Å². The van der Waals surface area contributed by atoms with Gasteiger partial charge in [-0.3, -0.25) is 4.99 Å². The van der Waals surface area contributed by atoms with E-state index in [-0.39, 0.29) is 6.04 Å². The van der Waals surface area contributed by atoms with Gasteiger partial charge < -0.3 is 15.1 Å². The quantitative estimate of drug-likeness (QED) is 0.656. The summed E-state index contributed by atoms with van der Waals surface area (Å²) in [6, 6.07) is 7.21. The van der Waals surface area contributed by atoms with Crippen LogP contribution in [0, 0.1) is 18.6 Å². The molecule has 0 aliphatic rings. The summed E-state index contributed by atoms with van der Waals surface area (Å²) in [5.41, 5.74) is 0.336. The first kappa shape index (κ1) is 17.0. The third kappa shape index (κ3) is 4.81. The highest BCUT2D eigenvalue weighted by Gasteiger charge is 2.11. The van der Waals surface area contributed by atoms with Crippen LogP contribution in [0.5, 0.6) is 0 Å². The van der Waals surface area contributed by atoms with E-state index >= 15 is 0 Å². The van der Waals surface area contributed by atoms with Crippen molar-refractivity contribution >= 4 is 5.96 Å². The second-order valence-corrected chi connectivity index (χ2v) is 5.30. The Morgan fingerprint density at radius 2 is 2.04 bits per heavy atom. The van der Waals surface area contributed by atoms with E-state index in [0.29, 0.717) is 24.5 Å². The summed E-state index contributed by atoms with van der Waals surface area (Å²) in [5.74, 6) is 1.38. The molecule has 124 valence electrons. The van der Waals surface area contributed by atoms with E-state index < -0.39 is 11.6 Å². The SMILES string of the molecule is CN=C(NCCc1cc(F)ccc1F)NC(C)c1ccc(C)o1.